The first kappa shape index (κ1) is 41.9. The van der Waals surface area contributed by atoms with E-state index in [1.54, 1.807) is 0 Å². The molecule has 11 rings (SSSR count). The molecule has 0 atom stereocenters. The minimum atomic E-state index is -2.18. The van der Waals surface area contributed by atoms with E-state index in [1.807, 2.05) is 0 Å². The molecule has 0 N–H and O–H groups in total. The Kier molecular flexibility index (Phi) is 8.81. The second kappa shape index (κ2) is 14.3. The van der Waals surface area contributed by atoms with Gasteiger partial charge in [0.1, 0.15) is 0 Å². The van der Waals surface area contributed by atoms with Crippen LogP contribution in [0.15, 0.2) is 97.1 Å². The summed E-state index contributed by atoms with van der Waals surface area (Å²) in [5.74, 6) is 0. The van der Waals surface area contributed by atoms with Gasteiger partial charge in [-0.1, -0.05) is 165 Å². The van der Waals surface area contributed by atoms with Crippen LogP contribution in [-0.2, 0) is 44.3 Å². The highest BCUT2D eigenvalue weighted by Crippen LogP contribution is 2.57. The van der Waals surface area contributed by atoms with Crippen LogP contribution in [0.2, 0.25) is 0 Å². The Morgan fingerprint density at radius 2 is 0.956 bits per heavy atom. The van der Waals surface area contributed by atoms with Gasteiger partial charge in [0.2, 0.25) is 0 Å². The molecule has 2 aliphatic heterocycles. The zero-order chi connectivity index (χ0) is 51.1. The van der Waals surface area contributed by atoms with Crippen LogP contribution in [0.1, 0.15) is 191 Å². The highest BCUT2D eigenvalue weighted by atomic mass is 15.2. The minimum absolute atomic E-state index is 0.00923. The van der Waals surface area contributed by atoms with E-state index in [0.29, 0.717) is 0 Å². The Labute approximate surface area is 415 Å². The topological polar surface area (TPSA) is 6.48 Å². The molecule has 0 amide bonds. The number of hydrogen-bond donors (Lipinski definition) is 0. The molecule has 0 radical (unpaired) electrons. The van der Waals surface area contributed by atoms with Gasteiger partial charge in [0, 0.05) is 38.1 Å². The van der Waals surface area contributed by atoms with Gasteiger partial charge in [0.15, 0.2) is 0 Å². The molecular formula is C65H77BN2. The average molecular weight is 900 g/mol. The van der Waals surface area contributed by atoms with E-state index in [0.717, 1.165) is 53.9 Å². The smallest absolute Gasteiger partial charge is 0.252 e. The van der Waals surface area contributed by atoms with Crippen LogP contribution in [-0.4, -0.2) is 6.71 Å². The summed E-state index contributed by atoms with van der Waals surface area (Å²) >= 11 is 0. The average Bonchev–Trinajstić information content (AvgIpc) is 3.56. The zero-order valence-corrected chi connectivity index (χ0v) is 44.2. The number of rotatable bonds is 4. The lowest BCUT2D eigenvalue weighted by Gasteiger charge is -2.47. The predicted molar refractivity (Wildman–Crippen MR) is 295 cm³/mol. The van der Waals surface area contributed by atoms with Crippen LogP contribution in [0.4, 0.5) is 34.1 Å². The maximum absolute atomic E-state index is 8.84. The van der Waals surface area contributed by atoms with Gasteiger partial charge in [0.05, 0.1) is 5.69 Å². The number of aryl methyl sites for hydroxylation is 2. The van der Waals surface area contributed by atoms with E-state index < -0.39 is 6.85 Å². The van der Waals surface area contributed by atoms with Gasteiger partial charge in [-0.25, -0.2) is 0 Å². The molecule has 2 heterocycles. The summed E-state index contributed by atoms with van der Waals surface area (Å²) in [6, 6.07) is 38.0. The summed E-state index contributed by atoms with van der Waals surface area (Å²) < 4.78 is 26.5. The van der Waals surface area contributed by atoms with Gasteiger partial charge in [0.25, 0.3) is 6.71 Å². The number of benzene rings is 6. The summed E-state index contributed by atoms with van der Waals surface area (Å²) in [6.45, 7) is 36.2. The number of nitrogens with zero attached hydrogens (tertiary/aromatic N) is 2. The monoisotopic (exact) mass is 900 g/mol. The van der Waals surface area contributed by atoms with Crippen molar-refractivity contribution in [2.24, 2.45) is 0 Å². The molecule has 350 valence electrons. The molecule has 0 spiro atoms. The minimum Gasteiger partial charge on any atom is -0.311 e. The summed E-state index contributed by atoms with van der Waals surface area (Å²) in [7, 11) is 0. The van der Waals surface area contributed by atoms with Crippen LogP contribution in [0, 0.1) is 6.92 Å². The quantitative estimate of drug-likeness (QED) is 0.162. The summed E-state index contributed by atoms with van der Waals surface area (Å²) in [4.78, 5) is 5.17. The van der Waals surface area contributed by atoms with Gasteiger partial charge in [-0.2, -0.15) is 0 Å². The van der Waals surface area contributed by atoms with Crippen molar-refractivity contribution in [1.29, 1.82) is 0 Å². The van der Waals surface area contributed by atoms with Crippen LogP contribution in [0.3, 0.4) is 0 Å². The fourth-order valence-corrected chi connectivity index (χ4v) is 14.6. The molecule has 0 aromatic heterocycles. The van der Waals surface area contributed by atoms with Crippen molar-refractivity contribution in [3.05, 3.63) is 147 Å². The second-order valence-electron chi connectivity index (χ2n) is 26.9. The Morgan fingerprint density at radius 1 is 0.500 bits per heavy atom. The highest BCUT2D eigenvalue weighted by molar-refractivity contribution is 7.00. The van der Waals surface area contributed by atoms with Crippen LogP contribution in [0.25, 0.3) is 11.1 Å². The van der Waals surface area contributed by atoms with Gasteiger partial charge < -0.3 is 9.80 Å². The molecule has 0 bridgehead atoms. The lowest BCUT2D eigenvalue weighted by molar-refractivity contribution is 0.332. The standard InChI is InChI=1S/C65H77BN2/c1-18-40-29-56-58-57(30-40)68(53-34-47-44(28-39(53)2)60(6,7)26-27-61(47,8)9)55-36-49-46(63(12,13)38-65(49,16)17)33-51(55)66(58)50-32-45-48(64(14,15)37-62(45,10)11)35-54(50)67(56)52-25-24-42(59(3,4)5)31-43(52)41-22-20-19-21-23-41/h19-25,28-36H,18,26-27,37-38H2,1-17H3/i1D3. The molecule has 3 aliphatic carbocycles. The van der Waals surface area contributed by atoms with E-state index in [4.69, 9.17) is 4.11 Å². The van der Waals surface area contributed by atoms with Crippen molar-refractivity contribution in [3.8, 4) is 11.1 Å². The normalized spacial score (nSPS) is 21.1. The van der Waals surface area contributed by atoms with Crippen molar-refractivity contribution in [2.45, 2.75) is 188 Å². The van der Waals surface area contributed by atoms with Gasteiger partial charge >= 0.3 is 0 Å². The zero-order valence-electron chi connectivity index (χ0n) is 47.2. The summed E-state index contributed by atoms with van der Waals surface area (Å²) in [5, 5.41) is 0. The van der Waals surface area contributed by atoms with E-state index in [-0.39, 0.29) is 51.0 Å². The lowest BCUT2D eigenvalue weighted by Crippen LogP contribution is -2.62. The molecule has 6 aromatic carbocycles. The first-order valence-electron chi connectivity index (χ1n) is 27.3. The third-order valence-corrected chi connectivity index (χ3v) is 17.9. The Hall–Kier alpha value is -5.02. The summed E-state index contributed by atoms with van der Waals surface area (Å²) in [5.41, 5.74) is 24.9. The second-order valence-corrected chi connectivity index (χ2v) is 26.9. The molecule has 0 fully saturated rings. The fourth-order valence-electron chi connectivity index (χ4n) is 14.6. The first-order chi connectivity index (χ1) is 32.8. The molecule has 5 aliphatic rings. The molecule has 2 nitrogen and oxygen atoms in total. The highest BCUT2D eigenvalue weighted by Gasteiger charge is 2.51. The molecule has 3 heteroatoms. The fraction of sp³-hybridized carbons (Fsp3) is 0.446. The van der Waals surface area contributed by atoms with Gasteiger partial charge in [-0.15, -0.1) is 0 Å². The number of anilines is 6. The third kappa shape index (κ3) is 6.55. The Bertz CT molecular complexity index is 3230. The van der Waals surface area contributed by atoms with Crippen LogP contribution >= 0.6 is 0 Å². The number of fused-ring (bicyclic) bond motifs is 7. The van der Waals surface area contributed by atoms with Crippen molar-refractivity contribution >= 4 is 57.2 Å². The van der Waals surface area contributed by atoms with Gasteiger partial charge in [-0.05, 0) is 191 Å². The first-order valence-corrected chi connectivity index (χ1v) is 25.8. The van der Waals surface area contributed by atoms with E-state index in [9.17, 15) is 0 Å². The van der Waals surface area contributed by atoms with Crippen molar-refractivity contribution in [3.63, 3.8) is 0 Å². The molecule has 68 heavy (non-hydrogen) atoms. The number of hydrogen-bond acceptors (Lipinski definition) is 2. The van der Waals surface area contributed by atoms with Crippen molar-refractivity contribution in [2.75, 3.05) is 9.80 Å². The van der Waals surface area contributed by atoms with E-state index in [2.05, 4.69) is 218 Å². The van der Waals surface area contributed by atoms with Crippen molar-refractivity contribution in [1.82, 2.24) is 0 Å². The molecule has 0 unspecified atom stereocenters. The summed E-state index contributed by atoms with van der Waals surface area (Å²) in [6.07, 6.45) is 4.37. The lowest BCUT2D eigenvalue weighted by atomic mass is 9.33. The Balaban J connectivity index is 1.32. The van der Waals surface area contributed by atoms with Crippen LogP contribution in [0.5, 0.6) is 0 Å². The SMILES string of the molecule is [2H]C([2H])([2H])Cc1cc2c3c(c1)N(c1ccc(C(C)(C)C)cc1-c1ccccc1)c1cc4c(cc1B3c1cc3c(cc1N2c1cc2c(cc1C)C(C)(C)CCC2(C)C)C(C)(C)CC3(C)C)C(C)(C)CC4(C)C. The predicted octanol–water partition coefficient (Wildman–Crippen LogP) is 15.9. The molecule has 0 saturated carbocycles. The van der Waals surface area contributed by atoms with Crippen molar-refractivity contribution < 1.29 is 4.11 Å². The van der Waals surface area contributed by atoms with Gasteiger partial charge in [-0.3, -0.25) is 0 Å². The Morgan fingerprint density at radius 3 is 1.46 bits per heavy atom. The van der Waals surface area contributed by atoms with Crippen LogP contribution < -0.4 is 26.2 Å². The molecular weight excluding hydrogens is 820 g/mol. The molecule has 0 saturated heterocycles. The van der Waals surface area contributed by atoms with E-state index >= 15 is 0 Å². The molecule has 6 aromatic rings. The maximum Gasteiger partial charge on any atom is 0.252 e. The van der Waals surface area contributed by atoms with E-state index in [1.165, 1.54) is 83.5 Å². The third-order valence-electron chi connectivity index (χ3n) is 17.9. The largest absolute Gasteiger partial charge is 0.311 e. The maximum atomic E-state index is 8.84.